The van der Waals surface area contributed by atoms with Gasteiger partial charge in [-0.15, -0.1) is 0 Å². The monoisotopic (exact) mass is 407 g/mol. The fourth-order valence-corrected chi connectivity index (χ4v) is 2.79. The molecule has 7 heteroatoms. The van der Waals surface area contributed by atoms with Crippen LogP contribution in [0.1, 0.15) is 10.4 Å². The largest absolute Gasteiger partial charge is 0.493 e. The first-order valence-corrected chi connectivity index (χ1v) is 8.03. The minimum Gasteiger partial charge on any atom is -0.493 e. The van der Waals surface area contributed by atoms with Crippen LogP contribution in [0.3, 0.4) is 0 Å². The Balaban J connectivity index is 2.02. The third-order valence-electron chi connectivity index (χ3n) is 3.33. The SMILES string of the molecule is COc1cc(Br)cc2cc(C(=O)Nc3ccc(Cl)cc3)c(=O)oc12. The lowest BCUT2D eigenvalue weighted by Gasteiger charge is -2.08. The molecule has 0 atom stereocenters. The van der Waals surface area contributed by atoms with Crippen LogP contribution in [0.2, 0.25) is 5.02 Å². The average molecular weight is 409 g/mol. The molecule has 0 aliphatic rings. The van der Waals surface area contributed by atoms with E-state index in [1.54, 1.807) is 36.4 Å². The smallest absolute Gasteiger partial charge is 0.349 e. The molecule has 1 amide bonds. The van der Waals surface area contributed by atoms with Gasteiger partial charge in [0, 0.05) is 20.6 Å². The number of carbonyl (C=O) groups is 1. The van der Waals surface area contributed by atoms with Crippen molar-refractivity contribution in [2.45, 2.75) is 0 Å². The van der Waals surface area contributed by atoms with Gasteiger partial charge in [-0.1, -0.05) is 27.5 Å². The topological polar surface area (TPSA) is 68.5 Å². The summed E-state index contributed by atoms with van der Waals surface area (Å²) in [5, 5.41) is 3.76. The first-order chi connectivity index (χ1) is 11.5. The molecule has 0 aliphatic heterocycles. The van der Waals surface area contributed by atoms with Crippen molar-refractivity contribution >= 4 is 50.1 Å². The van der Waals surface area contributed by atoms with Crippen molar-refractivity contribution in [1.82, 2.24) is 0 Å². The lowest BCUT2D eigenvalue weighted by molar-refractivity contribution is 0.102. The fourth-order valence-electron chi connectivity index (χ4n) is 2.21. The zero-order chi connectivity index (χ0) is 17.3. The number of ether oxygens (including phenoxy) is 1. The van der Waals surface area contributed by atoms with Crippen LogP contribution in [0, 0.1) is 0 Å². The summed E-state index contributed by atoms with van der Waals surface area (Å²) in [6.07, 6.45) is 0. The van der Waals surface area contributed by atoms with E-state index in [0.29, 0.717) is 21.8 Å². The highest BCUT2D eigenvalue weighted by Gasteiger charge is 2.16. The molecule has 24 heavy (non-hydrogen) atoms. The number of hydrogen-bond acceptors (Lipinski definition) is 4. The summed E-state index contributed by atoms with van der Waals surface area (Å²) in [6.45, 7) is 0. The first-order valence-electron chi connectivity index (χ1n) is 6.86. The predicted molar refractivity (Wildman–Crippen MR) is 96.1 cm³/mol. The van der Waals surface area contributed by atoms with Crippen LogP contribution < -0.4 is 15.7 Å². The van der Waals surface area contributed by atoms with E-state index in [4.69, 9.17) is 20.8 Å². The normalized spacial score (nSPS) is 10.6. The van der Waals surface area contributed by atoms with Crippen LogP contribution in [-0.4, -0.2) is 13.0 Å². The first kappa shape index (κ1) is 16.5. The van der Waals surface area contributed by atoms with Gasteiger partial charge in [-0.05, 0) is 42.5 Å². The van der Waals surface area contributed by atoms with Crippen molar-refractivity contribution < 1.29 is 13.9 Å². The van der Waals surface area contributed by atoms with E-state index in [1.165, 1.54) is 13.2 Å². The number of anilines is 1. The van der Waals surface area contributed by atoms with Crippen LogP contribution in [0.15, 0.2) is 56.1 Å². The highest BCUT2D eigenvalue weighted by atomic mass is 79.9. The third-order valence-corrected chi connectivity index (χ3v) is 4.04. The molecule has 0 saturated carbocycles. The maximum Gasteiger partial charge on any atom is 0.349 e. The van der Waals surface area contributed by atoms with E-state index in [0.717, 1.165) is 4.47 Å². The Morgan fingerprint density at radius 3 is 2.58 bits per heavy atom. The number of hydrogen-bond donors (Lipinski definition) is 1. The molecule has 0 saturated heterocycles. The molecule has 0 spiro atoms. The Morgan fingerprint density at radius 1 is 1.21 bits per heavy atom. The van der Waals surface area contributed by atoms with Gasteiger partial charge in [-0.3, -0.25) is 4.79 Å². The van der Waals surface area contributed by atoms with Gasteiger partial charge in [0.25, 0.3) is 5.91 Å². The van der Waals surface area contributed by atoms with Gasteiger partial charge in [0.05, 0.1) is 7.11 Å². The van der Waals surface area contributed by atoms with Crippen LogP contribution >= 0.6 is 27.5 Å². The number of carbonyl (C=O) groups excluding carboxylic acids is 1. The molecule has 1 aromatic heterocycles. The third kappa shape index (κ3) is 3.29. The van der Waals surface area contributed by atoms with Crippen LogP contribution in [0.5, 0.6) is 5.75 Å². The molecule has 0 fully saturated rings. The average Bonchev–Trinajstić information content (AvgIpc) is 2.56. The van der Waals surface area contributed by atoms with Gasteiger partial charge in [0.2, 0.25) is 0 Å². The second kappa shape index (κ2) is 6.67. The van der Waals surface area contributed by atoms with E-state index in [2.05, 4.69) is 21.2 Å². The Morgan fingerprint density at radius 2 is 1.92 bits per heavy atom. The number of nitrogens with one attached hydrogen (secondary N) is 1. The number of rotatable bonds is 3. The standard InChI is InChI=1S/C17H11BrClNO4/c1-23-14-8-10(18)6-9-7-13(17(22)24-15(9)14)16(21)20-12-4-2-11(19)3-5-12/h2-8H,1H3,(H,20,21). The van der Waals surface area contributed by atoms with Crippen LogP contribution in [0.4, 0.5) is 5.69 Å². The minimum absolute atomic E-state index is 0.0994. The van der Waals surface area contributed by atoms with Crippen molar-refractivity contribution in [1.29, 1.82) is 0 Å². The van der Waals surface area contributed by atoms with E-state index < -0.39 is 11.5 Å². The number of benzene rings is 2. The van der Waals surface area contributed by atoms with Crippen LogP contribution in [-0.2, 0) is 0 Å². The van der Waals surface area contributed by atoms with Gasteiger partial charge in [-0.25, -0.2) is 4.79 Å². The molecule has 122 valence electrons. The van der Waals surface area contributed by atoms with Crippen LogP contribution in [0.25, 0.3) is 11.0 Å². The summed E-state index contributed by atoms with van der Waals surface area (Å²) in [6, 6.07) is 11.5. The predicted octanol–water partition coefficient (Wildman–Crippen LogP) is 4.47. The van der Waals surface area contributed by atoms with Gasteiger partial charge >= 0.3 is 5.63 Å². The lowest BCUT2D eigenvalue weighted by Crippen LogP contribution is -2.20. The Bertz CT molecular complexity index is 982. The molecule has 1 N–H and O–H groups in total. The highest BCUT2D eigenvalue weighted by molar-refractivity contribution is 9.10. The van der Waals surface area contributed by atoms with Crippen molar-refractivity contribution in [3.05, 3.63) is 67.9 Å². The van der Waals surface area contributed by atoms with E-state index >= 15 is 0 Å². The second-order valence-electron chi connectivity index (χ2n) is 4.93. The summed E-state index contributed by atoms with van der Waals surface area (Å²) < 4.78 is 11.2. The van der Waals surface area contributed by atoms with E-state index in [1.807, 2.05) is 0 Å². The van der Waals surface area contributed by atoms with Crippen molar-refractivity contribution in [2.24, 2.45) is 0 Å². The fraction of sp³-hybridized carbons (Fsp3) is 0.0588. The van der Waals surface area contributed by atoms with Crippen molar-refractivity contribution in [3.8, 4) is 5.75 Å². The van der Waals surface area contributed by atoms with Gasteiger partial charge in [-0.2, -0.15) is 0 Å². The molecule has 3 aromatic rings. The second-order valence-corrected chi connectivity index (χ2v) is 6.29. The molecule has 0 unspecified atom stereocenters. The summed E-state index contributed by atoms with van der Waals surface area (Å²) >= 11 is 9.16. The zero-order valence-electron chi connectivity index (χ0n) is 12.4. The molecule has 0 bridgehead atoms. The maximum atomic E-state index is 12.4. The Hall–Kier alpha value is -2.31. The Kier molecular flexibility index (Phi) is 4.59. The highest BCUT2D eigenvalue weighted by Crippen LogP contribution is 2.29. The maximum absolute atomic E-state index is 12.4. The van der Waals surface area contributed by atoms with E-state index in [-0.39, 0.29) is 11.1 Å². The molecular weight excluding hydrogens is 398 g/mol. The van der Waals surface area contributed by atoms with E-state index in [9.17, 15) is 9.59 Å². The molecular formula is C17H11BrClNO4. The van der Waals surface area contributed by atoms with Crippen molar-refractivity contribution in [3.63, 3.8) is 0 Å². The molecule has 0 radical (unpaired) electrons. The number of amides is 1. The quantitative estimate of drug-likeness (QED) is 0.649. The number of halogens is 2. The zero-order valence-corrected chi connectivity index (χ0v) is 14.8. The molecule has 3 rings (SSSR count). The summed E-state index contributed by atoms with van der Waals surface area (Å²) in [4.78, 5) is 24.5. The Labute approximate surface area is 150 Å². The summed E-state index contributed by atoms with van der Waals surface area (Å²) in [7, 11) is 1.47. The number of methoxy groups -OCH3 is 1. The summed E-state index contributed by atoms with van der Waals surface area (Å²) in [5.41, 5.74) is -0.0309. The van der Waals surface area contributed by atoms with Crippen molar-refractivity contribution in [2.75, 3.05) is 12.4 Å². The molecule has 1 heterocycles. The minimum atomic E-state index is -0.741. The molecule has 5 nitrogen and oxygen atoms in total. The molecule has 2 aromatic carbocycles. The van der Waals surface area contributed by atoms with Gasteiger partial charge in [0.1, 0.15) is 5.56 Å². The van der Waals surface area contributed by atoms with Gasteiger partial charge in [0.15, 0.2) is 11.3 Å². The lowest BCUT2D eigenvalue weighted by atomic mass is 10.1. The molecule has 0 aliphatic carbocycles. The number of fused-ring (bicyclic) bond motifs is 1. The van der Waals surface area contributed by atoms with Gasteiger partial charge < -0.3 is 14.5 Å². The summed E-state index contributed by atoms with van der Waals surface area (Å²) in [5.74, 6) is -0.159.